The maximum atomic E-state index is 12.0. The van der Waals surface area contributed by atoms with E-state index in [4.69, 9.17) is 4.74 Å². The van der Waals surface area contributed by atoms with E-state index in [9.17, 15) is 25.2 Å². The average molecular weight is 304 g/mol. The number of carbonyl (C=O) groups is 1. The first kappa shape index (κ1) is 16.0. The molecule has 1 aliphatic carbocycles. The minimum atomic E-state index is -2.90. The van der Waals surface area contributed by atoms with E-state index in [1.165, 1.54) is 25.3 Å². The molecule has 0 bridgehead atoms. The number of methoxy groups -OCH3 is 1. The fourth-order valence-electron chi connectivity index (χ4n) is 1.95. The summed E-state index contributed by atoms with van der Waals surface area (Å²) in [7, 11) is 1.50. The first-order valence-corrected chi connectivity index (χ1v) is 6.44. The van der Waals surface area contributed by atoms with E-state index in [2.05, 4.69) is 0 Å². The smallest absolute Gasteiger partial charge is 0.259 e. The lowest BCUT2D eigenvalue weighted by molar-refractivity contribution is -0.231. The molecule has 6 nitrogen and oxygen atoms in total. The molecule has 22 heavy (non-hydrogen) atoms. The molecule has 6 heteroatoms. The summed E-state index contributed by atoms with van der Waals surface area (Å²) in [5, 5.41) is 39.2. The molecule has 0 saturated carbocycles. The van der Waals surface area contributed by atoms with Gasteiger partial charge in [0.05, 0.1) is 7.11 Å². The van der Waals surface area contributed by atoms with Crippen molar-refractivity contribution in [1.82, 2.24) is 0 Å². The van der Waals surface area contributed by atoms with Gasteiger partial charge < -0.3 is 25.2 Å². The summed E-state index contributed by atoms with van der Waals surface area (Å²) >= 11 is 0. The van der Waals surface area contributed by atoms with Gasteiger partial charge in [-0.15, -0.1) is 0 Å². The number of aliphatic hydroxyl groups is 4. The molecule has 0 radical (unpaired) electrons. The molecular weight excluding hydrogens is 288 g/mol. The van der Waals surface area contributed by atoms with Gasteiger partial charge in [-0.1, -0.05) is 6.08 Å². The van der Waals surface area contributed by atoms with Gasteiger partial charge in [-0.2, -0.15) is 0 Å². The predicted molar refractivity (Wildman–Crippen MR) is 78.4 cm³/mol. The zero-order valence-electron chi connectivity index (χ0n) is 11.8. The summed E-state index contributed by atoms with van der Waals surface area (Å²) in [5.74, 6) is -3.58. The standard InChI is InChI=1S/C16H16O6/c1-22-12-6-4-11(5-7-12)13(17)8-10-15(19)9-2-3-14(18)16(15,20)21/h2-10,18-21H,1H3. The number of aliphatic hydroxyl groups excluding tert-OH is 1. The monoisotopic (exact) mass is 304 g/mol. The van der Waals surface area contributed by atoms with Crippen LogP contribution in [-0.4, -0.2) is 44.7 Å². The Hall–Kier alpha value is -2.41. The number of carbonyl (C=O) groups excluding carboxylic acids is 1. The van der Waals surface area contributed by atoms with Crippen molar-refractivity contribution in [3.05, 3.63) is 66.0 Å². The number of ketones is 1. The van der Waals surface area contributed by atoms with Gasteiger partial charge in [0, 0.05) is 5.56 Å². The lowest BCUT2D eigenvalue weighted by Gasteiger charge is -2.36. The fraction of sp³-hybridized carbons (Fsp3) is 0.188. The topological polar surface area (TPSA) is 107 Å². The second-order valence-corrected chi connectivity index (χ2v) is 4.83. The van der Waals surface area contributed by atoms with E-state index in [-0.39, 0.29) is 0 Å². The summed E-state index contributed by atoms with van der Waals surface area (Å²) in [5.41, 5.74) is -1.98. The molecule has 0 fully saturated rings. The van der Waals surface area contributed by atoms with Gasteiger partial charge >= 0.3 is 0 Å². The van der Waals surface area contributed by atoms with Crippen LogP contribution in [0.4, 0.5) is 0 Å². The molecule has 1 atom stereocenters. The molecule has 0 amide bonds. The van der Waals surface area contributed by atoms with Crippen LogP contribution in [0, 0.1) is 0 Å². The van der Waals surface area contributed by atoms with E-state index >= 15 is 0 Å². The van der Waals surface area contributed by atoms with Crippen molar-refractivity contribution >= 4 is 5.78 Å². The van der Waals surface area contributed by atoms with Gasteiger partial charge in [0.25, 0.3) is 5.79 Å². The summed E-state index contributed by atoms with van der Waals surface area (Å²) < 4.78 is 4.98. The summed E-state index contributed by atoms with van der Waals surface area (Å²) in [6.45, 7) is 0. The van der Waals surface area contributed by atoms with Crippen molar-refractivity contribution in [2.75, 3.05) is 7.11 Å². The number of benzene rings is 1. The van der Waals surface area contributed by atoms with Crippen molar-refractivity contribution in [2.45, 2.75) is 11.4 Å². The molecule has 0 aliphatic heterocycles. The number of rotatable bonds is 4. The molecule has 1 aliphatic rings. The molecule has 0 spiro atoms. The maximum absolute atomic E-state index is 12.0. The van der Waals surface area contributed by atoms with E-state index in [0.29, 0.717) is 11.3 Å². The number of ether oxygens (including phenoxy) is 1. The van der Waals surface area contributed by atoms with Crippen molar-refractivity contribution in [2.24, 2.45) is 0 Å². The first-order chi connectivity index (χ1) is 10.3. The average Bonchev–Trinajstić information content (AvgIpc) is 2.51. The second-order valence-electron chi connectivity index (χ2n) is 4.83. The Kier molecular flexibility index (Phi) is 4.18. The highest BCUT2D eigenvalue weighted by Crippen LogP contribution is 2.32. The molecule has 1 aromatic carbocycles. The molecule has 0 heterocycles. The molecule has 0 saturated heterocycles. The molecule has 4 N–H and O–H groups in total. The van der Waals surface area contributed by atoms with Gasteiger partial charge in [-0.25, -0.2) is 0 Å². The summed E-state index contributed by atoms with van der Waals surface area (Å²) in [4.78, 5) is 12.0. The van der Waals surface area contributed by atoms with Crippen LogP contribution >= 0.6 is 0 Å². The van der Waals surface area contributed by atoms with Crippen molar-refractivity contribution in [3.8, 4) is 5.75 Å². The van der Waals surface area contributed by atoms with E-state index in [1.54, 1.807) is 12.1 Å². The van der Waals surface area contributed by atoms with Crippen LogP contribution in [0.2, 0.25) is 0 Å². The third kappa shape index (κ3) is 2.80. The third-order valence-electron chi connectivity index (χ3n) is 3.38. The van der Waals surface area contributed by atoms with Crippen LogP contribution in [0.3, 0.4) is 0 Å². The van der Waals surface area contributed by atoms with Crippen LogP contribution in [0.15, 0.2) is 60.4 Å². The van der Waals surface area contributed by atoms with Crippen molar-refractivity contribution < 1.29 is 30.0 Å². The van der Waals surface area contributed by atoms with Crippen LogP contribution in [0.1, 0.15) is 10.4 Å². The highest BCUT2D eigenvalue weighted by atomic mass is 16.5. The largest absolute Gasteiger partial charge is 0.507 e. The fourth-order valence-corrected chi connectivity index (χ4v) is 1.95. The van der Waals surface area contributed by atoms with E-state index in [1.807, 2.05) is 0 Å². The van der Waals surface area contributed by atoms with Gasteiger partial charge in [-0.05, 0) is 48.6 Å². The predicted octanol–water partition coefficient (Wildman–Crippen LogP) is 0.858. The van der Waals surface area contributed by atoms with Crippen LogP contribution in [0.25, 0.3) is 0 Å². The number of hydrogen-bond acceptors (Lipinski definition) is 6. The molecule has 1 aromatic rings. The number of hydrogen-bond donors (Lipinski definition) is 4. The van der Waals surface area contributed by atoms with Crippen LogP contribution in [0.5, 0.6) is 5.75 Å². The van der Waals surface area contributed by atoms with Crippen LogP contribution in [-0.2, 0) is 0 Å². The Morgan fingerprint density at radius 1 is 1.18 bits per heavy atom. The van der Waals surface area contributed by atoms with Crippen molar-refractivity contribution in [3.63, 3.8) is 0 Å². The minimum absolute atomic E-state index is 0.335. The molecular formula is C16H16O6. The first-order valence-electron chi connectivity index (χ1n) is 6.44. The molecule has 2 rings (SSSR count). The van der Waals surface area contributed by atoms with Gasteiger partial charge in [-0.3, -0.25) is 4.79 Å². The van der Waals surface area contributed by atoms with Crippen molar-refractivity contribution in [1.29, 1.82) is 0 Å². The number of allylic oxidation sites excluding steroid dienone is 3. The summed E-state index contributed by atoms with van der Waals surface area (Å²) in [6.07, 6.45) is 5.27. The van der Waals surface area contributed by atoms with Gasteiger partial charge in [0.15, 0.2) is 17.1 Å². The molecule has 1 unspecified atom stereocenters. The quantitative estimate of drug-likeness (QED) is 0.373. The normalized spacial score (nSPS) is 23.4. The Bertz CT molecular complexity index is 654. The lowest BCUT2D eigenvalue weighted by Crippen LogP contribution is -2.54. The van der Waals surface area contributed by atoms with E-state index < -0.39 is 22.9 Å². The Labute approximate surface area is 126 Å². The highest BCUT2D eigenvalue weighted by Gasteiger charge is 2.49. The minimum Gasteiger partial charge on any atom is -0.507 e. The lowest BCUT2D eigenvalue weighted by atomic mass is 9.86. The van der Waals surface area contributed by atoms with Gasteiger partial charge in [0.1, 0.15) is 5.75 Å². The van der Waals surface area contributed by atoms with Crippen LogP contribution < -0.4 is 4.74 Å². The Balaban J connectivity index is 2.21. The Morgan fingerprint density at radius 3 is 2.41 bits per heavy atom. The molecule has 0 aromatic heterocycles. The maximum Gasteiger partial charge on any atom is 0.259 e. The second kappa shape index (κ2) is 5.76. The van der Waals surface area contributed by atoms with Gasteiger partial charge in [0.2, 0.25) is 0 Å². The Morgan fingerprint density at radius 2 is 1.82 bits per heavy atom. The van der Waals surface area contributed by atoms with E-state index in [0.717, 1.165) is 24.3 Å². The zero-order valence-corrected chi connectivity index (χ0v) is 11.8. The zero-order chi connectivity index (χ0) is 16.4. The highest BCUT2D eigenvalue weighted by molar-refractivity contribution is 6.04. The summed E-state index contributed by atoms with van der Waals surface area (Å²) in [6, 6.07) is 6.28. The SMILES string of the molecule is COc1ccc(C(=O)C=CC2(O)C=CC=C(O)C2(O)O)cc1. The third-order valence-corrected chi connectivity index (χ3v) is 3.38. The molecule has 116 valence electrons.